The monoisotopic (exact) mass is 365 g/mol. The molecule has 5 nitrogen and oxygen atoms in total. The van der Waals surface area contributed by atoms with E-state index in [0.29, 0.717) is 29.9 Å². The number of hydrogen-bond acceptors (Lipinski definition) is 4. The highest BCUT2D eigenvalue weighted by Gasteiger charge is 2.25. The van der Waals surface area contributed by atoms with E-state index in [1.54, 1.807) is 24.3 Å². The maximum Gasteiger partial charge on any atom is 0.253 e. The fraction of sp³-hybridized carbons (Fsp3) is 0.294. The number of anilines is 1. The van der Waals surface area contributed by atoms with Gasteiger partial charge in [-0.15, -0.1) is 12.4 Å². The number of nitrogen functional groups attached to an aromatic ring is 1. The molecule has 0 atom stereocenters. The topological polar surface area (TPSA) is 75.4 Å². The second-order valence-corrected chi connectivity index (χ2v) is 6.46. The lowest BCUT2D eigenvalue weighted by molar-refractivity contribution is 0.0698. The summed E-state index contributed by atoms with van der Waals surface area (Å²) in [5.74, 6) is -0.0354. The Morgan fingerprint density at radius 1 is 1.17 bits per heavy atom. The van der Waals surface area contributed by atoms with Crippen LogP contribution in [0.5, 0.6) is 0 Å². The molecule has 1 fully saturated rings. The van der Waals surface area contributed by atoms with E-state index < -0.39 is 0 Å². The molecule has 128 valence electrons. The number of likely N-dealkylation sites (tertiary alicyclic amines) is 1. The smallest absolute Gasteiger partial charge is 0.253 e. The second kappa shape index (κ2) is 8.17. The number of nitrogens with two attached hydrogens (primary N) is 1. The zero-order valence-corrected chi connectivity index (χ0v) is 14.7. The van der Waals surface area contributed by atoms with Gasteiger partial charge in [-0.1, -0.05) is 6.07 Å². The molecule has 2 heterocycles. The molecule has 3 rings (SSSR count). The van der Waals surface area contributed by atoms with E-state index in [4.69, 9.17) is 5.73 Å². The summed E-state index contributed by atoms with van der Waals surface area (Å²) in [6.07, 6.45) is 1.54. The first-order valence-corrected chi connectivity index (χ1v) is 8.55. The number of rotatable bonds is 3. The SMILES string of the molecule is Cl.Nc1cccc(C(=O)N2CCC(NC(=O)c3ccsc3)CC2)c1. The van der Waals surface area contributed by atoms with Gasteiger partial charge in [0.15, 0.2) is 0 Å². The molecule has 0 spiro atoms. The Labute approximate surface area is 151 Å². The number of thiophene rings is 1. The van der Waals surface area contributed by atoms with Crippen molar-refractivity contribution in [3.8, 4) is 0 Å². The highest BCUT2D eigenvalue weighted by atomic mass is 35.5. The Bertz CT molecular complexity index is 698. The summed E-state index contributed by atoms with van der Waals surface area (Å²) in [4.78, 5) is 26.3. The van der Waals surface area contributed by atoms with Crippen molar-refractivity contribution >= 4 is 41.2 Å². The molecule has 0 unspecified atom stereocenters. The Morgan fingerprint density at radius 2 is 1.92 bits per heavy atom. The van der Waals surface area contributed by atoms with Gasteiger partial charge in [0.05, 0.1) is 0 Å². The zero-order valence-electron chi connectivity index (χ0n) is 13.1. The van der Waals surface area contributed by atoms with Crippen molar-refractivity contribution in [2.75, 3.05) is 18.8 Å². The Morgan fingerprint density at radius 3 is 2.54 bits per heavy atom. The van der Waals surface area contributed by atoms with Crippen molar-refractivity contribution in [3.63, 3.8) is 0 Å². The van der Waals surface area contributed by atoms with Crippen LogP contribution in [0.25, 0.3) is 0 Å². The molecule has 1 aliphatic rings. The largest absolute Gasteiger partial charge is 0.399 e. The highest BCUT2D eigenvalue weighted by molar-refractivity contribution is 7.08. The summed E-state index contributed by atoms with van der Waals surface area (Å²) >= 11 is 1.51. The number of carbonyl (C=O) groups is 2. The number of nitrogens with zero attached hydrogens (tertiary/aromatic N) is 1. The zero-order chi connectivity index (χ0) is 16.2. The lowest BCUT2D eigenvalue weighted by atomic mass is 10.0. The van der Waals surface area contributed by atoms with Gasteiger partial charge in [-0.3, -0.25) is 9.59 Å². The molecule has 1 aromatic heterocycles. The van der Waals surface area contributed by atoms with E-state index >= 15 is 0 Å². The number of hydrogen-bond donors (Lipinski definition) is 2. The van der Waals surface area contributed by atoms with Gasteiger partial charge >= 0.3 is 0 Å². The molecule has 1 aromatic carbocycles. The Balaban J connectivity index is 0.00000208. The minimum atomic E-state index is -0.0353. The van der Waals surface area contributed by atoms with Crippen LogP contribution in [0.2, 0.25) is 0 Å². The van der Waals surface area contributed by atoms with E-state index in [1.807, 2.05) is 21.7 Å². The first-order valence-electron chi connectivity index (χ1n) is 7.61. The van der Waals surface area contributed by atoms with Crippen molar-refractivity contribution in [1.82, 2.24) is 10.2 Å². The quantitative estimate of drug-likeness (QED) is 0.821. The molecule has 0 bridgehead atoms. The van der Waals surface area contributed by atoms with Gasteiger partial charge < -0.3 is 16.0 Å². The molecular weight excluding hydrogens is 346 g/mol. The van der Waals surface area contributed by atoms with Crippen LogP contribution in [0.3, 0.4) is 0 Å². The molecule has 0 saturated carbocycles. The van der Waals surface area contributed by atoms with E-state index in [1.165, 1.54) is 11.3 Å². The normalized spacial score (nSPS) is 14.8. The Hall–Kier alpha value is -2.05. The first-order chi connectivity index (χ1) is 11.1. The van der Waals surface area contributed by atoms with Crippen LogP contribution in [-0.2, 0) is 0 Å². The number of amides is 2. The number of benzene rings is 1. The van der Waals surface area contributed by atoms with Crippen LogP contribution >= 0.6 is 23.7 Å². The van der Waals surface area contributed by atoms with Crippen molar-refractivity contribution < 1.29 is 9.59 Å². The lowest BCUT2D eigenvalue weighted by Crippen LogP contribution is -2.46. The molecule has 7 heteroatoms. The fourth-order valence-corrected chi connectivity index (χ4v) is 3.38. The van der Waals surface area contributed by atoms with Crippen molar-refractivity contribution in [2.45, 2.75) is 18.9 Å². The highest BCUT2D eigenvalue weighted by Crippen LogP contribution is 2.16. The van der Waals surface area contributed by atoms with Gasteiger partial charge in [0.2, 0.25) is 0 Å². The van der Waals surface area contributed by atoms with Gasteiger partial charge in [0, 0.05) is 41.3 Å². The summed E-state index contributed by atoms with van der Waals surface area (Å²) in [6.45, 7) is 1.28. The summed E-state index contributed by atoms with van der Waals surface area (Å²) < 4.78 is 0. The number of nitrogens with one attached hydrogen (secondary N) is 1. The van der Waals surface area contributed by atoms with Gasteiger partial charge in [-0.2, -0.15) is 11.3 Å². The predicted octanol–water partition coefficient (Wildman–Crippen LogP) is 2.79. The maximum atomic E-state index is 12.5. The van der Waals surface area contributed by atoms with Crippen LogP contribution in [0.15, 0.2) is 41.1 Å². The minimum Gasteiger partial charge on any atom is -0.399 e. The molecule has 24 heavy (non-hydrogen) atoms. The first kappa shape index (κ1) is 18.3. The molecule has 2 aromatic rings. The van der Waals surface area contributed by atoms with E-state index in [9.17, 15) is 9.59 Å². The van der Waals surface area contributed by atoms with Crippen LogP contribution in [0.1, 0.15) is 33.6 Å². The van der Waals surface area contributed by atoms with Gasteiger partial charge in [0.1, 0.15) is 0 Å². The third kappa shape index (κ3) is 4.27. The van der Waals surface area contributed by atoms with Crippen molar-refractivity contribution in [2.24, 2.45) is 0 Å². The van der Waals surface area contributed by atoms with Crippen LogP contribution in [0, 0.1) is 0 Å². The second-order valence-electron chi connectivity index (χ2n) is 5.68. The third-order valence-corrected chi connectivity index (χ3v) is 4.72. The fourth-order valence-electron chi connectivity index (χ4n) is 2.74. The minimum absolute atomic E-state index is 0. The van der Waals surface area contributed by atoms with Gasteiger partial charge in [0.25, 0.3) is 11.8 Å². The van der Waals surface area contributed by atoms with Crippen molar-refractivity contribution in [1.29, 1.82) is 0 Å². The molecule has 3 N–H and O–H groups in total. The number of carbonyl (C=O) groups excluding carboxylic acids is 2. The standard InChI is InChI=1S/C17H19N3O2S.ClH/c18-14-3-1-2-12(10-14)17(22)20-7-4-15(5-8-20)19-16(21)13-6-9-23-11-13;/h1-3,6,9-11,15H,4-5,7-8,18H2,(H,19,21);1H. The lowest BCUT2D eigenvalue weighted by Gasteiger charge is -2.32. The number of piperidine rings is 1. The van der Waals surface area contributed by atoms with E-state index in [-0.39, 0.29) is 30.3 Å². The summed E-state index contributed by atoms with van der Waals surface area (Å²) in [6, 6.07) is 8.97. The molecule has 2 amide bonds. The summed E-state index contributed by atoms with van der Waals surface area (Å²) in [7, 11) is 0. The number of halogens is 1. The molecule has 1 aliphatic heterocycles. The van der Waals surface area contributed by atoms with Gasteiger partial charge in [-0.25, -0.2) is 0 Å². The molecule has 1 saturated heterocycles. The van der Waals surface area contributed by atoms with Crippen LogP contribution < -0.4 is 11.1 Å². The van der Waals surface area contributed by atoms with Crippen molar-refractivity contribution in [3.05, 3.63) is 52.2 Å². The van der Waals surface area contributed by atoms with E-state index in [0.717, 1.165) is 12.8 Å². The van der Waals surface area contributed by atoms with Crippen LogP contribution in [-0.4, -0.2) is 35.8 Å². The molecule has 0 aliphatic carbocycles. The third-order valence-electron chi connectivity index (χ3n) is 4.03. The Kier molecular flexibility index (Phi) is 6.23. The summed E-state index contributed by atoms with van der Waals surface area (Å²) in [5, 5.41) is 6.77. The predicted molar refractivity (Wildman–Crippen MR) is 98.8 cm³/mol. The average molecular weight is 366 g/mol. The van der Waals surface area contributed by atoms with E-state index in [2.05, 4.69) is 5.32 Å². The van der Waals surface area contributed by atoms with Gasteiger partial charge in [-0.05, 0) is 42.5 Å². The van der Waals surface area contributed by atoms with Crippen LogP contribution in [0.4, 0.5) is 5.69 Å². The summed E-state index contributed by atoms with van der Waals surface area (Å²) in [5.41, 5.74) is 7.64. The molecular formula is C17H20ClN3O2S. The molecule has 0 radical (unpaired) electrons. The average Bonchev–Trinajstić information content (AvgIpc) is 3.09. The maximum absolute atomic E-state index is 12.5.